The predicted octanol–water partition coefficient (Wildman–Crippen LogP) is 4.84. The summed E-state index contributed by atoms with van der Waals surface area (Å²) in [7, 11) is 1.44. The van der Waals surface area contributed by atoms with Gasteiger partial charge in [-0.1, -0.05) is 31.6 Å². The molecule has 0 aliphatic carbocycles. The summed E-state index contributed by atoms with van der Waals surface area (Å²) >= 11 is 4.19. The zero-order valence-electron chi connectivity index (χ0n) is 19.6. The number of nitrogens with zero attached hydrogens (tertiary/aromatic N) is 1. The van der Waals surface area contributed by atoms with Crippen LogP contribution in [0.2, 0.25) is 0 Å². The zero-order valence-corrected chi connectivity index (χ0v) is 20.5. The SMILES string of the molecule is CCC/C=C(/C(=O)NC)c1ccc(-c2c(F)ccc(N[N+](O)(S)C3CCOCC3)c2F)c(F)c1N. The number of nitrogens with one attached hydrogen (secondary N) is 2. The number of carbonyl (C=O) groups excluding carboxylic acids is 1. The van der Waals surface area contributed by atoms with Gasteiger partial charge in [-0.3, -0.25) is 4.79 Å². The van der Waals surface area contributed by atoms with Crippen LogP contribution in [-0.4, -0.2) is 41.6 Å². The van der Waals surface area contributed by atoms with E-state index in [1.54, 1.807) is 6.08 Å². The third-order valence-corrected chi connectivity index (χ3v) is 6.35. The van der Waals surface area contributed by atoms with E-state index in [4.69, 9.17) is 10.5 Å². The summed E-state index contributed by atoms with van der Waals surface area (Å²) < 4.78 is 49.9. The first-order valence-corrected chi connectivity index (χ1v) is 11.7. The molecule has 5 N–H and O–H groups in total. The molecule has 2 aromatic rings. The van der Waals surface area contributed by atoms with Crippen LogP contribution in [0.5, 0.6) is 0 Å². The van der Waals surface area contributed by atoms with E-state index in [2.05, 4.69) is 23.6 Å². The van der Waals surface area contributed by atoms with Crippen LogP contribution in [0.15, 0.2) is 30.3 Å². The highest BCUT2D eigenvalue weighted by molar-refractivity contribution is 7.74. The Morgan fingerprint density at radius 3 is 2.54 bits per heavy atom. The van der Waals surface area contributed by atoms with Crippen molar-refractivity contribution in [3.8, 4) is 11.1 Å². The highest BCUT2D eigenvalue weighted by Crippen LogP contribution is 2.38. The molecule has 0 radical (unpaired) electrons. The highest BCUT2D eigenvalue weighted by Gasteiger charge is 2.37. The molecule has 1 fully saturated rings. The van der Waals surface area contributed by atoms with Gasteiger partial charge in [-0.15, -0.1) is 0 Å². The topological polar surface area (TPSA) is 96.6 Å². The van der Waals surface area contributed by atoms with Crippen molar-refractivity contribution in [1.82, 2.24) is 5.32 Å². The molecule has 0 saturated carbocycles. The Kier molecular flexibility index (Phi) is 8.70. The van der Waals surface area contributed by atoms with Crippen LogP contribution in [0.4, 0.5) is 24.5 Å². The molecule has 1 saturated heterocycles. The first kappa shape index (κ1) is 26.9. The van der Waals surface area contributed by atoms with E-state index < -0.39 is 50.4 Å². The van der Waals surface area contributed by atoms with Gasteiger partial charge in [-0.25, -0.2) is 13.2 Å². The molecule has 1 heterocycles. The number of amides is 1. The Bertz CT molecular complexity index is 1120. The zero-order chi connectivity index (χ0) is 25.8. The lowest BCUT2D eigenvalue weighted by Crippen LogP contribution is -2.51. The quantitative estimate of drug-likeness (QED) is 0.115. The minimum atomic E-state index is -1.12. The van der Waals surface area contributed by atoms with E-state index in [-0.39, 0.29) is 16.8 Å². The van der Waals surface area contributed by atoms with Gasteiger partial charge in [0.25, 0.3) is 5.91 Å². The summed E-state index contributed by atoms with van der Waals surface area (Å²) in [6.45, 7) is 2.74. The van der Waals surface area contributed by atoms with Crippen LogP contribution >= 0.6 is 12.8 Å². The van der Waals surface area contributed by atoms with E-state index in [0.29, 0.717) is 32.5 Å². The second-order valence-corrected chi connectivity index (χ2v) is 8.87. The lowest BCUT2D eigenvalue weighted by molar-refractivity contribution is -0.994. The minimum Gasteiger partial charge on any atom is -0.396 e. The Labute approximate surface area is 207 Å². The van der Waals surface area contributed by atoms with Crippen LogP contribution in [0.1, 0.15) is 38.2 Å². The molecule has 35 heavy (non-hydrogen) atoms. The minimum absolute atomic E-state index is 0.120. The van der Waals surface area contributed by atoms with Gasteiger partial charge in [-0.05, 0) is 22.7 Å². The Balaban J connectivity index is 2.04. The second kappa shape index (κ2) is 11.3. The molecule has 1 amide bonds. The predicted molar refractivity (Wildman–Crippen MR) is 132 cm³/mol. The summed E-state index contributed by atoms with van der Waals surface area (Å²) in [5.41, 5.74) is 7.07. The van der Waals surface area contributed by atoms with Gasteiger partial charge in [0.2, 0.25) is 0 Å². The number of allylic oxidation sites excluding steroid dienone is 1. The van der Waals surface area contributed by atoms with Crippen LogP contribution in [-0.2, 0) is 9.53 Å². The molecule has 1 aliphatic heterocycles. The number of nitrogen functional groups attached to an aromatic ring is 1. The maximum atomic E-state index is 15.5. The smallest absolute Gasteiger partial charge is 0.251 e. The Hall–Kier alpha value is -2.73. The van der Waals surface area contributed by atoms with Crippen molar-refractivity contribution >= 4 is 35.7 Å². The standard InChI is InChI=1S/C24H29F3N4O3S/c1-3-4-5-16(24(32)29-2)15-6-7-17(21(26)23(15)28)20-18(25)8-9-19(22(20)27)30-31(33,35)14-10-12-34-13-11-14/h5-9,14,30,33,35H,3-4,10-13,28H2,1-2H3/p+1/b16-5+. The molecule has 0 spiro atoms. The summed E-state index contributed by atoms with van der Waals surface area (Å²) in [6.07, 6.45) is 3.88. The van der Waals surface area contributed by atoms with Gasteiger partial charge in [0, 0.05) is 36.6 Å². The number of hydroxylamine groups is 1. The molecule has 3 rings (SSSR count). The highest BCUT2D eigenvalue weighted by atomic mass is 32.1. The first-order valence-electron chi connectivity index (χ1n) is 11.3. The maximum absolute atomic E-state index is 15.5. The maximum Gasteiger partial charge on any atom is 0.251 e. The molecule has 0 bridgehead atoms. The summed E-state index contributed by atoms with van der Waals surface area (Å²) in [6, 6.07) is 4.18. The van der Waals surface area contributed by atoms with Gasteiger partial charge in [-0.2, -0.15) is 10.6 Å². The average molecular weight is 512 g/mol. The van der Waals surface area contributed by atoms with E-state index in [0.717, 1.165) is 18.6 Å². The number of likely N-dealkylation sites (N-methyl/N-ethyl adjacent to an activating group) is 1. The third-order valence-electron chi connectivity index (χ3n) is 5.92. The van der Waals surface area contributed by atoms with Gasteiger partial charge < -0.3 is 15.8 Å². The molecule has 1 aliphatic rings. The number of anilines is 2. The summed E-state index contributed by atoms with van der Waals surface area (Å²) in [4.78, 5) is 12.3. The normalized spacial score (nSPS) is 16.6. The number of halogens is 3. The van der Waals surface area contributed by atoms with Gasteiger partial charge >= 0.3 is 0 Å². The summed E-state index contributed by atoms with van der Waals surface area (Å²) in [5.74, 6) is -3.67. The lowest BCUT2D eigenvalue weighted by atomic mass is 9.95. The first-order chi connectivity index (χ1) is 16.6. The number of unbranched alkanes of at least 4 members (excludes halogenated alkanes) is 1. The van der Waals surface area contributed by atoms with E-state index in [9.17, 15) is 14.4 Å². The number of thiol groups is 1. The van der Waals surface area contributed by atoms with Gasteiger partial charge in [0.15, 0.2) is 17.7 Å². The molecular formula is C24H30F3N4O3S+. The number of hydrogen-bond acceptors (Lipinski definition) is 6. The number of nitrogens with two attached hydrogens (primary N) is 1. The number of rotatable bonds is 8. The van der Waals surface area contributed by atoms with Crippen LogP contribution in [0.25, 0.3) is 16.7 Å². The molecule has 1 atom stereocenters. The van der Waals surface area contributed by atoms with Crippen molar-refractivity contribution in [2.75, 3.05) is 31.4 Å². The third kappa shape index (κ3) is 5.75. The molecule has 1 unspecified atom stereocenters. The molecule has 190 valence electrons. The fourth-order valence-electron chi connectivity index (χ4n) is 3.97. The molecular weight excluding hydrogens is 481 g/mol. The largest absolute Gasteiger partial charge is 0.396 e. The van der Waals surface area contributed by atoms with Crippen LogP contribution in [0, 0.1) is 17.5 Å². The van der Waals surface area contributed by atoms with Crippen molar-refractivity contribution in [2.24, 2.45) is 0 Å². The Morgan fingerprint density at radius 1 is 1.23 bits per heavy atom. The van der Waals surface area contributed by atoms with Gasteiger partial charge in [0.05, 0.1) is 24.5 Å². The van der Waals surface area contributed by atoms with Crippen LogP contribution < -0.4 is 16.5 Å². The number of ether oxygens (including phenoxy) is 1. The van der Waals surface area contributed by atoms with E-state index >= 15 is 8.78 Å². The lowest BCUT2D eigenvalue weighted by Gasteiger charge is -2.33. The number of quaternary nitrogens is 1. The number of hydrogen-bond donors (Lipinski definition) is 5. The van der Waals surface area contributed by atoms with Crippen molar-refractivity contribution in [3.05, 3.63) is 53.4 Å². The second-order valence-electron chi connectivity index (χ2n) is 8.26. The molecule has 2 aromatic carbocycles. The fourth-order valence-corrected chi connectivity index (χ4v) is 4.31. The molecule has 7 nitrogen and oxygen atoms in total. The molecule has 11 heteroatoms. The Morgan fingerprint density at radius 2 is 1.91 bits per heavy atom. The van der Waals surface area contributed by atoms with Crippen molar-refractivity contribution < 1.29 is 32.1 Å². The van der Waals surface area contributed by atoms with Crippen LogP contribution in [0.3, 0.4) is 0 Å². The van der Waals surface area contributed by atoms with E-state index in [1.165, 1.54) is 19.2 Å². The average Bonchev–Trinajstić information content (AvgIpc) is 2.85. The number of carbonyl (C=O) groups is 1. The van der Waals surface area contributed by atoms with Crippen molar-refractivity contribution in [3.63, 3.8) is 0 Å². The van der Waals surface area contributed by atoms with E-state index in [1.807, 2.05) is 6.92 Å². The number of benzene rings is 2. The summed E-state index contributed by atoms with van der Waals surface area (Å²) in [5, 5.41) is 13.2. The monoisotopic (exact) mass is 511 g/mol. The molecule has 0 aromatic heterocycles. The van der Waals surface area contributed by atoms with Crippen molar-refractivity contribution in [1.29, 1.82) is 0 Å². The van der Waals surface area contributed by atoms with Crippen molar-refractivity contribution in [2.45, 2.75) is 38.6 Å². The van der Waals surface area contributed by atoms with Gasteiger partial charge in [0.1, 0.15) is 24.3 Å². The fraction of sp³-hybridized carbons (Fsp3) is 0.375.